The number of nitrogens with two attached hydrogens (primary N) is 1. The second-order valence-corrected chi connectivity index (χ2v) is 15.9. The van der Waals surface area contributed by atoms with Gasteiger partial charge in [-0.15, -0.1) is 0 Å². The number of phosphoric ester groups is 1. The Morgan fingerprint density at radius 3 is 2.12 bits per heavy atom. The Hall–Kier alpha value is -2.90. The molecule has 1 unspecified atom stereocenters. The molecule has 314 valence electrons. The highest BCUT2D eigenvalue weighted by molar-refractivity contribution is 7.47. The molecular formula is C39H60ClFN5O9P. The van der Waals surface area contributed by atoms with Crippen molar-refractivity contribution in [2.75, 3.05) is 32.2 Å². The lowest BCUT2D eigenvalue weighted by Gasteiger charge is -2.25. The molecule has 2 heterocycles. The van der Waals surface area contributed by atoms with E-state index in [1.54, 1.807) is 0 Å². The number of benzene rings is 1. The zero-order valence-corrected chi connectivity index (χ0v) is 34.1. The van der Waals surface area contributed by atoms with Crippen LogP contribution in [0.1, 0.15) is 127 Å². The zero-order chi connectivity index (χ0) is 40.6. The summed E-state index contributed by atoms with van der Waals surface area (Å²) in [6, 6.07) is 7.11. The van der Waals surface area contributed by atoms with Gasteiger partial charge in [0, 0.05) is 6.61 Å². The van der Waals surface area contributed by atoms with Gasteiger partial charge in [-0.25, -0.2) is 18.5 Å². The first kappa shape index (κ1) is 47.5. The number of hydrogen-bond donors (Lipinski definition) is 4. The monoisotopic (exact) mass is 827 g/mol. The molecular weight excluding hydrogens is 768 g/mol. The van der Waals surface area contributed by atoms with Crippen molar-refractivity contribution < 1.29 is 47.3 Å². The highest BCUT2D eigenvalue weighted by Crippen LogP contribution is 2.44. The maximum Gasteiger partial charge on any atom is 0.472 e. The van der Waals surface area contributed by atoms with E-state index in [1.807, 2.05) is 0 Å². The second-order valence-electron chi connectivity index (χ2n) is 14.0. The number of aromatic nitrogens is 3. The normalized spacial score (nSPS) is 14.9. The lowest BCUT2D eigenvalue weighted by molar-refractivity contribution is -0.0821. The van der Waals surface area contributed by atoms with Crippen LogP contribution in [0.15, 0.2) is 36.7 Å². The maximum absolute atomic E-state index is 13.7. The van der Waals surface area contributed by atoms with E-state index >= 15 is 0 Å². The van der Waals surface area contributed by atoms with Crippen molar-refractivity contribution in [2.45, 2.75) is 141 Å². The minimum atomic E-state index is -4.82. The summed E-state index contributed by atoms with van der Waals surface area (Å²) >= 11 is 5.91. The van der Waals surface area contributed by atoms with Gasteiger partial charge in [0.1, 0.15) is 36.0 Å². The molecule has 0 radical (unpaired) electrons. The van der Waals surface area contributed by atoms with Gasteiger partial charge < -0.3 is 35.1 Å². The van der Waals surface area contributed by atoms with Crippen molar-refractivity contribution in [3.63, 3.8) is 0 Å². The number of nitrogen functional groups attached to an aromatic ring is 1. The summed E-state index contributed by atoms with van der Waals surface area (Å²) in [4.78, 5) is 14.3. The van der Waals surface area contributed by atoms with E-state index in [2.05, 4.69) is 17.0 Å². The highest BCUT2D eigenvalue weighted by atomic mass is 35.5. The Morgan fingerprint density at radius 2 is 1.52 bits per heavy atom. The molecule has 0 saturated carbocycles. The van der Waals surface area contributed by atoms with E-state index < -0.39 is 51.3 Å². The van der Waals surface area contributed by atoms with Gasteiger partial charge in [-0.3, -0.25) is 9.05 Å². The molecule has 0 amide bonds. The van der Waals surface area contributed by atoms with Crippen molar-refractivity contribution in [2.24, 2.45) is 0 Å². The van der Waals surface area contributed by atoms with Gasteiger partial charge >= 0.3 is 7.82 Å². The number of rotatable bonds is 32. The lowest BCUT2D eigenvalue weighted by Crippen LogP contribution is -2.37. The largest absolute Gasteiger partial charge is 0.472 e. The number of ether oxygens (including phenoxy) is 3. The Kier molecular flexibility index (Phi) is 22.8. The van der Waals surface area contributed by atoms with E-state index in [-0.39, 0.29) is 29.7 Å². The fourth-order valence-electron chi connectivity index (χ4n) is 6.18. The molecule has 56 heavy (non-hydrogen) atoms. The Bertz CT molecular complexity index is 1630. The first-order valence-corrected chi connectivity index (χ1v) is 21.7. The predicted octanol–water partition coefficient (Wildman–Crippen LogP) is 8.36. The third-order valence-electron chi connectivity index (χ3n) is 9.46. The topological polar surface area (TPSA) is 204 Å². The Balaban J connectivity index is 1.40. The van der Waals surface area contributed by atoms with Crippen LogP contribution in [0.5, 0.6) is 0 Å². The number of unbranched alkanes of at least 4 members (excludes halogenated alkanes) is 15. The van der Waals surface area contributed by atoms with Crippen molar-refractivity contribution in [1.82, 2.24) is 14.6 Å². The summed E-state index contributed by atoms with van der Waals surface area (Å²) in [6.07, 6.45) is 16.8. The number of aliphatic hydroxyl groups is 2. The van der Waals surface area contributed by atoms with Gasteiger partial charge in [-0.1, -0.05) is 121 Å². The van der Waals surface area contributed by atoms with Gasteiger partial charge in [0.25, 0.3) is 6.26 Å². The number of nitriles is 1. The summed E-state index contributed by atoms with van der Waals surface area (Å²) < 4.78 is 54.7. The zero-order valence-electron chi connectivity index (χ0n) is 32.5. The lowest BCUT2D eigenvalue weighted by atomic mass is 10.0. The fraction of sp³-hybridized carbons (Fsp3) is 0.667. The van der Waals surface area contributed by atoms with Crippen molar-refractivity contribution in [3.8, 4) is 6.26 Å². The number of aliphatic hydroxyl groups excluding tert-OH is 2. The number of fused-ring (bicyclic) bond motifs is 1. The molecule has 3 aromatic rings. The van der Waals surface area contributed by atoms with Crippen LogP contribution in [0.25, 0.3) is 5.52 Å². The number of phosphoric acid groups is 1. The number of halogens is 2. The summed E-state index contributed by atoms with van der Waals surface area (Å²) in [6.45, 7) is 1.47. The van der Waals surface area contributed by atoms with Gasteiger partial charge in [-0.05, 0) is 36.2 Å². The summed E-state index contributed by atoms with van der Waals surface area (Å²) in [5, 5.41) is 34.8. The number of nitrogens with zero attached hydrogens (tertiary/aromatic N) is 4. The maximum atomic E-state index is 13.7. The molecule has 1 aromatic carbocycles. The third-order valence-corrected chi connectivity index (χ3v) is 10.7. The molecule has 5 atom stereocenters. The van der Waals surface area contributed by atoms with E-state index in [4.69, 9.17) is 45.9 Å². The molecule has 17 heteroatoms. The molecule has 14 nitrogen and oxygen atoms in total. The van der Waals surface area contributed by atoms with Crippen LogP contribution in [0, 0.1) is 17.3 Å². The summed E-state index contributed by atoms with van der Waals surface area (Å²) in [7, 11) is -4.82. The van der Waals surface area contributed by atoms with Crippen LogP contribution in [0.4, 0.5) is 10.2 Å². The average Bonchev–Trinajstić information content (AvgIpc) is 3.63. The summed E-state index contributed by atoms with van der Waals surface area (Å²) in [5.41, 5.74) is 6.86. The minimum Gasteiger partial charge on any atom is -0.419 e. The standard InChI is InChI=1S/C39H60ClFN5O9P/c1-2-3-4-5-6-7-8-9-10-11-12-13-14-15-16-17-22-51-25-31(52-24-30-18-19-33(41)32(40)23-30)26-54-56(49,50)55-27-36(53-28-42)38(48)37(47)34-20-21-35-39(43)44-29-45-46(34)35/h18-21,23,29,31,36-38,47-48H,2-17,22,24-27H2,1H3,(H,49,50)(H2,43,44,45)/t31-,36-,37+,38-/m1/s1. The average molecular weight is 828 g/mol. The fourth-order valence-corrected chi connectivity index (χ4v) is 7.15. The third kappa shape index (κ3) is 17.7. The predicted molar refractivity (Wildman–Crippen MR) is 211 cm³/mol. The van der Waals surface area contributed by atoms with Crippen LogP contribution < -0.4 is 5.73 Å². The van der Waals surface area contributed by atoms with Crippen LogP contribution in [-0.4, -0.2) is 74.4 Å². The molecule has 0 aliphatic rings. The SMILES string of the molecule is CCCCCCCCCCCCCCCCCCOC[C@H](COP(=O)(O)OC[C@@H](OC#N)[C@@H](O)[C@@H](O)c1ccc2c(N)ncnn12)OCc1ccc(F)c(Cl)c1. The van der Waals surface area contributed by atoms with Gasteiger partial charge in [0.15, 0.2) is 11.9 Å². The molecule has 0 fully saturated rings. The number of anilines is 1. The molecule has 2 aromatic heterocycles. The Labute approximate surface area is 335 Å². The molecule has 0 spiro atoms. The smallest absolute Gasteiger partial charge is 0.419 e. The second kappa shape index (κ2) is 26.9. The first-order chi connectivity index (χ1) is 27.1. The van der Waals surface area contributed by atoms with Crippen LogP contribution >= 0.6 is 19.4 Å². The van der Waals surface area contributed by atoms with Gasteiger partial charge in [-0.2, -0.15) is 10.4 Å². The highest BCUT2D eigenvalue weighted by Gasteiger charge is 2.35. The first-order valence-electron chi connectivity index (χ1n) is 19.8. The van der Waals surface area contributed by atoms with Crippen molar-refractivity contribution in [1.29, 1.82) is 5.26 Å². The van der Waals surface area contributed by atoms with Crippen molar-refractivity contribution >= 4 is 30.8 Å². The molecule has 0 aliphatic heterocycles. The van der Waals surface area contributed by atoms with Gasteiger partial charge in [0.2, 0.25) is 0 Å². The molecule has 0 saturated heterocycles. The molecule has 5 N–H and O–H groups in total. The van der Waals surface area contributed by atoms with E-state index in [0.717, 1.165) is 25.6 Å². The van der Waals surface area contributed by atoms with Crippen LogP contribution in [0.3, 0.4) is 0 Å². The van der Waals surface area contributed by atoms with Crippen LogP contribution in [-0.2, 0) is 34.4 Å². The molecule has 0 aliphatic carbocycles. The number of hydrogen-bond acceptors (Lipinski definition) is 12. The van der Waals surface area contributed by atoms with Gasteiger partial charge in [0.05, 0.1) is 37.1 Å². The summed E-state index contributed by atoms with van der Waals surface area (Å²) in [5.74, 6) is -0.443. The Morgan fingerprint density at radius 1 is 0.911 bits per heavy atom. The van der Waals surface area contributed by atoms with E-state index in [0.29, 0.717) is 17.7 Å². The molecule has 0 bridgehead atoms. The van der Waals surface area contributed by atoms with Crippen LogP contribution in [0.2, 0.25) is 5.02 Å². The van der Waals surface area contributed by atoms with E-state index in [9.17, 15) is 24.1 Å². The molecule has 3 rings (SSSR count). The minimum absolute atomic E-state index is 0.0137. The van der Waals surface area contributed by atoms with E-state index in [1.165, 1.54) is 125 Å². The quantitative estimate of drug-likeness (QED) is 0.0266. The van der Waals surface area contributed by atoms with Crippen molar-refractivity contribution in [3.05, 3.63) is 58.8 Å².